The topological polar surface area (TPSA) is 126 Å². The molecule has 1 heterocycles. The Hall–Kier alpha value is -3.40. The number of hydrogen-bond acceptors (Lipinski definition) is 7. The molecule has 138 valence electrons. The molecule has 0 spiro atoms. The number of ether oxygens (including phenoxy) is 1. The zero-order valence-electron chi connectivity index (χ0n) is 14.0. The van der Waals surface area contributed by atoms with Gasteiger partial charge in [0.1, 0.15) is 12.4 Å². The van der Waals surface area contributed by atoms with Gasteiger partial charge >= 0.3 is 0 Å². The molecule has 10 heteroatoms. The molecule has 0 saturated heterocycles. The van der Waals surface area contributed by atoms with Crippen molar-refractivity contribution in [2.24, 2.45) is 5.73 Å². The maximum Gasteiger partial charge on any atom is 0.269 e. The van der Waals surface area contributed by atoms with Crippen molar-refractivity contribution in [2.75, 3.05) is 5.75 Å². The number of carbonyl (C=O) groups excluding carboxylic acids is 1. The normalized spacial score (nSPS) is 10.5. The molecule has 0 atom stereocenters. The quantitative estimate of drug-likeness (QED) is 0.358. The highest BCUT2D eigenvalue weighted by molar-refractivity contribution is 7.99. The van der Waals surface area contributed by atoms with Crippen LogP contribution in [0.25, 0.3) is 5.69 Å². The molecule has 0 radical (unpaired) electrons. The number of nitro groups is 1. The minimum atomic E-state index is -0.474. The van der Waals surface area contributed by atoms with Gasteiger partial charge < -0.3 is 10.5 Å². The zero-order valence-corrected chi connectivity index (χ0v) is 14.8. The summed E-state index contributed by atoms with van der Waals surface area (Å²) in [5.41, 5.74) is 6.02. The molecule has 1 aromatic heterocycles. The van der Waals surface area contributed by atoms with Crippen molar-refractivity contribution in [3.8, 4) is 11.4 Å². The number of nitrogens with zero attached hydrogens (tertiary/aromatic N) is 4. The highest BCUT2D eigenvalue weighted by Crippen LogP contribution is 2.23. The second kappa shape index (κ2) is 8.32. The molecule has 0 aliphatic carbocycles. The van der Waals surface area contributed by atoms with Gasteiger partial charge in [-0.2, -0.15) is 0 Å². The fraction of sp³-hybridized carbons (Fsp3) is 0.118. The van der Waals surface area contributed by atoms with E-state index >= 15 is 0 Å². The Morgan fingerprint density at radius 1 is 1.15 bits per heavy atom. The van der Waals surface area contributed by atoms with Gasteiger partial charge in [0.25, 0.3) is 5.69 Å². The Kier molecular flexibility index (Phi) is 5.67. The molecule has 3 aromatic rings. The number of carbonyl (C=O) groups is 1. The van der Waals surface area contributed by atoms with Crippen LogP contribution in [0, 0.1) is 10.1 Å². The van der Waals surface area contributed by atoms with Crippen LogP contribution < -0.4 is 10.5 Å². The van der Waals surface area contributed by atoms with Crippen molar-refractivity contribution in [2.45, 2.75) is 11.8 Å². The monoisotopic (exact) mass is 385 g/mol. The summed E-state index contributed by atoms with van der Waals surface area (Å²) in [5.74, 6) is 0.612. The van der Waals surface area contributed by atoms with E-state index in [9.17, 15) is 14.9 Å². The largest absolute Gasteiger partial charge is 0.486 e. The molecule has 0 fully saturated rings. The Bertz CT molecular complexity index is 944. The number of para-hydroxylation sites is 1. The van der Waals surface area contributed by atoms with Crippen LogP contribution in [0.5, 0.6) is 5.75 Å². The van der Waals surface area contributed by atoms with Gasteiger partial charge in [-0.3, -0.25) is 19.5 Å². The average Bonchev–Trinajstić information content (AvgIpc) is 3.08. The number of amides is 1. The molecule has 1 amide bonds. The summed E-state index contributed by atoms with van der Waals surface area (Å²) in [6.45, 7) is 0.0941. The number of hydrogen-bond donors (Lipinski definition) is 1. The van der Waals surface area contributed by atoms with Crippen LogP contribution in [-0.4, -0.2) is 31.3 Å². The van der Waals surface area contributed by atoms with Gasteiger partial charge in [-0.25, -0.2) is 0 Å². The fourth-order valence-electron chi connectivity index (χ4n) is 2.27. The number of primary amides is 1. The molecular formula is C17H15N5O4S. The lowest BCUT2D eigenvalue weighted by Crippen LogP contribution is -2.14. The number of nitrogens with two attached hydrogens (primary N) is 1. The maximum atomic E-state index is 11.1. The minimum absolute atomic E-state index is 0.0139. The van der Waals surface area contributed by atoms with Crippen LogP contribution >= 0.6 is 11.8 Å². The SMILES string of the molecule is NC(=O)CSc1nnc(COc2ccc([N+](=O)[O-])cc2)n1-c1ccccc1. The molecule has 2 N–H and O–H groups in total. The molecule has 0 bridgehead atoms. The third-order valence-electron chi connectivity index (χ3n) is 3.47. The summed E-state index contributed by atoms with van der Waals surface area (Å²) in [6.07, 6.45) is 0. The van der Waals surface area contributed by atoms with E-state index in [0.717, 1.165) is 5.69 Å². The predicted molar refractivity (Wildman–Crippen MR) is 98.7 cm³/mol. The van der Waals surface area contributed by atoms with Crippen LogP contribution in [-0.2, 0) is 11.4 Å². The van der Waals surface area contributed by atoms with E-state index in [0.29, 0.717) is 16.7 Å². The van der Waals surface area contributed by atoms with Gasteiger partial charge in [0.05, 0.1) is 10.7 Å². The fourth-order valence-corrected chi connectivity index (χ4v) is 2.98. The van der Waals surface area contributed by atoms with E-state index in [-0.39, 0.29) is 18.0 Å². The van der Waals surface area contributed by atoms with Gasteiger partial charge in [-0.05, 0) is 24.3 Å². The predicted octanol–water partition coefficient (Wildman–Crippen LogP) is 2.33. The van der Waals surface area contributed by atoms with E-state index in [4.69, 9.17) is 10.5 Å². The lowest BCUT2D eigenvalue weighted by molar-refractivity contribution is -0.384. The molecule has 0 saturated carbocycles. The van der Waals surface area contributed by atoms with Gasteiger partial charge in [-0.1, -0.05) is 30.0 Å². The molecule has 0 aliphatic rings. The number of nitro benzene ring substituents is 1. The number of non-ortho nitro benzene ring substituents is 1. The Balaban J connectivity index is 1.82. The first-order chi connectivity index (χ1) is 13.0. The summed E-state index contributed by atoms with van der Waals surface area (Å²) in [4.78, 5) is 21.3. The minimum Gasteiger partial charge on any atom is -0.486 e. The summed E-state index contributed by atoms with van der Waals surface area (Å²) in [5, 5.41) is 19.5. The van der Waals surface area contributed by atoms with Crippen molar-refractivity contribution in [3.63, 3.8) is 0 Å². The molecule has 9 nitrogen and oxygen atoms in total. The number of aromatic nitrogens is 3. The summed E-state index contributed by atoms with van der Waals surface area (Å²) in [7, 11) is 0. The highest BCUT2D eigenvalue weighted by atomic mass is 32.2. The van der Waals surface area contributed by atoms with Gasteiger partial charge in [-0.15, -0.1) is 10.2 Å². The number of thioether (sulfide) groups is 1. The van der Waals surface area contributed by atoms with Crippen LogP contribution in [0.15, 0.2) is 59.8 Å². The van der Waals surface area contributed by atoms with Crippen molar-refractivity contribution in [1.29, 1.82) is 0 Å². The third-order valence-corrected chi connectivity index (χ3v) is 4.43. The molecule has 0 unspecified atom stereocenters. The molecule has 0 aliphatic heterocycles. The van der Waals surface area contributed by atoms with Gasteiger partial charge in [0, 0.05) is 17.8 Å². The van der Waals surface area contributed by atoms with Crippen molar-refractivity contribution in [3.05, 3.63) is 70.5 Å². The van der Waals surface area contributed by atoms with Crippen LogP contribution in [0.3, 0.4) is 0 Å². The number of benzene rings is 2. The van der Waals surface area contributed by atoms with Crippen molar-refractivity contribution < 1.29 is 14.5 Å². The van der Waals surface area contributed by atoms with Gasteiger partial charge in [0.2, 0.25) is 5.91 Å². The van der Waals surface area contributed by atoms with E-state index in [1.165, 1.54) is 36.0 Å². The number of rotatable bonds is 8. The first kappa shape index (κ1) is 18.4. The van der Waals surface area contributed by atoms with Crippen LogP contribution in [0.1, 0.15) is 5.82 Å². The summed E-state index contributed by atoms with van der Waals surface area (Å²) < 4.78 is 7.46. The average molecular weight is 385 g/mol. The molecule has 2 aromatic carbocycles. The van der Waals surface area contributed by atoms with E-state index in [2.05, 4.69) is 10.2 Å². The first-order valence-electron chi connectivity index (χ1n) is 7.82. The first-order valence-corrected chi connectivity index (χ1v) is 8.81. The second-order valence-electron chi connectivity index (χ2n) is 5.36. The Labute approximate surface area is 158 Å². The maximum absolute atomic E-state index is 11.1. The Morgan fingerprint density at radius 3 is 2.48 bits per heavy atom. The second-order valence-corrected chi connectivity index (χ2v) is 6.31. The van der Waals surface area contributed by atoms with Crippen molar-refractivity contribution in [1.82, 2.24) is 14.8 Å². The molecular weight excluding hydrogens is 370 g/mol. The third kappa shape index (κ3) is 4.61. The van der Waals surface area contributed by atoms with Crippen LogP contribution in [0.2, 0.25) is 0 Å². The smallest absolute Gasteiger partial charge is 0.269 e. The lowest BCUT2D eigenvalue weighted by atomic mass is 10.3. The molecule has 3 rings (SSSR count). The van der Waals surface area contributed by atoms with E-state index < -0.39 is 10.8 Å². The standard InChI is InChI=1S/C17H15N5O4S/c18-15(23)11-27-17-20-19-16(21(17)12-4-2-1-3-5-12)10-26-14-8-6-13(7-9-14)22(24)25/h1-9H,10-11H2,(H2,18,23). The van der Waals surface area contributed by atoms with E-state index in [1.807, 2.05) is 30.3 Å². The summed E-state index contributed by atoms with van der Waals surface area (Å²) in [6, 6.07) is 15.2. The van der Waals surface area contributed by atoms with Gasteiger partial charge in [0.15, 0.2) is 11.0 Å². The highest BCUT2D eigenvalue weighted by Gasteiger charge is 2.16. The van der Waals surface area contributed by atoms with Crippen molar-refractivity contribution >= 4 is 23.4 Å². The van der Waals surface area contributed by atoms with Crippen LogP contribution in [0.4, 0.5) is 5.69 Å². The molecule has 27 heavy (non-hydrogen) atoms. The lowest BCUT2D eigenvalue weighted by Gasteiger charge is -2.10. The van der Waals surface area contributed by atoms with E-state index in [1.54, 1.807) is 4.57 Å². The zero-order chi connectivity index (χ0) is 19.2. The summed E-state index contributed by atoms with van der Waals surface area (Å²) >= 11 is 1.18. The Morgan fingerprint density at radius 2 is 1.85 bits per heavy atom.